The molecule has 2 aromatic carbocycles. The van der Waals surface area contributed by atoms with Crippen LogP contribution in [0.1, 0.15) is 36.7 Å². The average molecular weight is 466 g/mol. The van der Waals surface area contributed by atoms with E-state index >= 15 is 0 Å². The van der Waals surface area contributed by atoms with Crippen molar-refractivity contribution in [1.82, 2.24) is 4.90 Å². The van der Waals surface area contributed by atoms with Crippen LogP contribution in [0.4, 0.5) is 18.9 Å². The first-order valence-corrected chi connectivity index (χ1v) is 10.2. The van der Waals surface area contributed by atoms with Gasteiger partial charge in [0.15, 0.2) is 6.61 Å². The molecule has 0 heterocycles. The molecule has 7 nitrogen and oxygen atoms in total. The summed E-state index contributed by atoms with van der Waals surface area (Å²) in [6.45, 7) is 4.82. The maximum atomic E-state index is 12.8. The monoisotopic (exact) mass is 466 g/mol. The Labute approximate surface area is 189 Å². The molecule has 10 heteroatoms. The summed E-state index contributed by atoms with van der Waals surface area (Å²) in [6.07, 6.45) is -4.52. The molecule has 33 heavy (non-hydrogen) atoms. The minimum absolute atomic E-state index is 0.00486. The summed E-state index contributed by atoms with van der Waals surface area (Å²) in [4.78, 5) is 37.9. The van der Waals surface area contributed by atoms with Crippen LogP contribution in [-0.4, -0.2) is 48.5 Å². The van der Waals surface area contributed by atoms with E-state index in [1.165, 1.54) is 41.3 Å². The molecule has 0 atom stereocenters. The van der Waals surface area contributed by atoms with Crippen molar-refractivity contribution in [3.63, 3.8) is 0 Å². The molecule has 0 radical (unpaired) electrons. The fourth-order valence-corrected chi connectivity index (χ4v) is 2.81. The minimum Gasteiger partial charge on any atom is -0.484 e. The van der Waals surface area contributed by atoms with E-state index in [0.29, 0.717) is 5.56 Å². The summed E-state index contributed by atoms with van der Waals surface area (Å²) < 4.78 is 48.5. The van der Waals surface area contributed by atoms with Gasteiger partial charge in [-0.25, -0.2) is 0 Å². The van der Waals surface area contributed by atoms with Crippen molar-refractivity contribution in [2.75, 3.05) is 25.1 Å². The van der Waals surface area contributed by atoms with Crippen molar-refractivity contribution in [2.24, 2.45) is 0 Å². The molecule has 0 fully saturated rings. The Balaban J connectivity index is 1.95. The van der Waals surface area contributed by atoms with Gasteiger partial charge in [-0.1, -0.05) is 6.07 Å². The molecule has 2 amide bonds. The smallest absolute Gasteiger partial charge is 0.416 e. The number of benzene rings is 2. The second kappa shape index (κ2) is 11.3. The van der Waals surface area contributed by atoms with Crippen LogP contribution in [0.2, 0.25) is 0 Å². The van der Waals surface area contributed by atoms with Gasteiger partial charge in [0, 0.05) is 17.3 Å². The summed E-state index contributed by atoms with van der Waals surface area (Å²) in [6, 6.07) is 9.96. The maximum Gasteiger partial charge on any atom is 0.416 e. The van der Waals surface area contributed by atoms with Crippen LogP contribution in [0, 0.1) is 0 Å². The molecule has 0 aromatic heterocycles. The van der Waals surface area contributed by atoms with Crippen molar-refractivity contribution in [1.29, 1.82) is 0 Å². The Bertz CT molecular complexity index is 975. The third-order valence-corrected chi connectivity index (χ3v) is 4.43. The Morgan fingerprint density at radius 2 is 1.73 bits per heavy atom. The average Bonchev–Trinajstić information content (AvgIpc) is 2.75. The molecule has 0 saturated carbocycles. The topological polar surface area (TPSA) is 84.9 Å². The van der Waals surface area contributed by atoms with E-state index in [-0.39, 0.29) is 36.5 Å². The van der Waals surface area contributed by atoms with E-state index in [0.717, 1.165) is 12.1 Å². The van der Waals surface area contributed by atoms with Gasteiger partial charge in [0.05, 0.1) is 12.2 Å². The number of ether oxygens (including phenoxy) is 2. The number of amides is 2. The normalized spacial score (nSPS) is 11.1. The molecular formula is C23H25F3N2O5. The van der Waals surface area contributed by atoms with Crippen molar-refractivity contribution in [2.45, 2.75) is 33.0 Å². The molecule has 0 unspecified atom stereocenters. The first kappa shape index (κ1) is 25.7. The van der Waals surface area contributed by atoms with E-state index in [1.807, 2.05) is 0 Å². The highest BCUT2D eigenvalue weighted by molar-refractivity contribution is 5.96. The van der Waals surface area contributed by atoms with Crippen molar-refractivity contribution < 1.29 is 37.0 Å². The SMILES string of the molecule is CCOC(=O)CN(C(=O)c1ccc(OCC(=O)Nc2cccc(C(F)(F)F)c2)cc1)C(C)C. The first-order chi connectivity index (χ1) is 15.5. The number of rotatable bonds is 9. The maximum absolute atomic E-state index is 12.8. The summed E-state index contributed by atoms with van der Waals surface area (Å²) in [5.74, 6) is -1.24. The standard InChI is InChI=1S/C23H25F3N2O5/c1-4-32-21(30)13-28(15(2)3)22(31)16-8-10-19(11-9-16)33-14-20(29)27-18-7-5-6-17(12-18)23(24,25)26/h5-12,15H,4,13-14H2,1-3H3,(H,27,29). The minimum atomic E-state index is -4.52. The molecule has 0 aliphatic rings. The number of nitrogens with zero attached hydrogens (tertiary/aromatic N) is 1. The van der Waals surface area contributed by atoms with Gasteiger partial charge in [0.25, 0.3) is 11.8 Å². The molecule has 0 aliphatic carbocycles. The van der Waals surface area contributed by atoms with Crippen LogP contribution in [0.5, 0.6) is 5.75 Å². The lowest BCUT2D eigenvalue weighted by atomic mass is 10.1. The van der Waals surface area contributed by atoms with Crippen LogP contribution < -0.4 is 10.1 Å². The van der Waals surface area contributed by atoms with Crippen LogP contribution >= 0.6 is 0 Å². The zero-order valence-corrected chi connectivity index (χ0v) is 18.4. The fraction of sp³-hybridized carbons (Fsp3) is 0.348. The molecule has 0 aliphatic heterocycles. The van der Waals surface area contributed by atoms with Gasteiger partial charge in [-0.3, -0.25) is 14.4 Å². The van der Waals surface area contributed by atoms with Gasteiger partial charge in [-0.15, -0.1) is 0 Å². The first-order valence-electron chi connectivity index (χ1n) is 10.2. The lowest BCUT2D eigenvalue weighted by Gasteiger charge is -2.25. The van der Waals surface area contributed by atoms with Crippen molar-refractivity contribution in [3.05, 3.63) is 59.7 Å². The number of hydrogen-bond acceptors (Lipinski definition) is 5. The van der Waals surface area contributed by atoms with Gasteiger partial charge in [-0.05, 0) is 63.2 Å². The molecule has 0 bridgehead atoms. The van der Waals surface area contributed by atoms with Crippen molar-refractivity contribution in [3.8, 4) is 5.75 Å². The van der Waals surface area contributed by atoms with E-state index in [4.69, 9.17) is 9.47 Å². The van der Waals surface area contributed by atoms with E-state index in [2.05, 4.69) is 5.32 Å². The van der Waals surface area contributed by atoms with Crippen LogP contribution in [0.15, 0.2) is 48.5 Å². The zero-order valence-electron chi connectivity index (χ0n) is 18.4. The van der Waals surface area contributed by atoms with Gasteiger partial charge in [0.2, 0.25) is 0 Å². The molecule has 0 spiro atoms. The third-order valence-electron chi connectivity index (χ3n) is 4.43. The van der Waals surface area contributed by atoms with Crippen LogP contribution in [0.3, 0.4) is 0 Å². The number of carbonyl (C=O) groups is 3. The summed E-state index contributed by atoms with van der Waals surface area (Å²) in [7, 11) is 0. The van der Waals surface area contributed by atoms with Gasteiger partial charge < -0.3 is 19.7 Å². The summed E-state index contributed by atoms with van der Waals surface area (Å²) in [5, 5.41) is 2.34. The molecular weight excluding hydrogens is 441 g/mol. The largest absolute Gasteiger partial charge is 0.484 e. The summed E-state index contributed by atoms with van der Waals surface area (Å²) in [5.41, 5.74) is -0.566. The summed E-state index contributed by atoms with van der Waals surface area (Å²) >= 11 is 0. The Morgan fingerprint density at radius 3 is 2.30 bits per heavy atom. The number of hydrogen-bond donors (Lipinski definition) is 1. The van der Waals surface area contributed by atoms with Gasteiger partial charge >= 0.3 is 12.1 Å². The zero-order chi connectivity index (χ0) is 24.6. The highest BCUT2D eigenvalue weighted by Gasteiger charge is 2.30. The number of halogens is 3. The Morgan fingerprint density at radius 1 is 1.06 bits per heavy atom. The van der Waals surface area contributed by atoms with Crippen LogP contribution in [0.25, 0.3) is 0 Å². The highest BCUT2D eigenvalue weighted by Crippen LogP contribution is 2.30. The lowest BCUT2D eigenvalue weighted by Crippen LogP contribution is -2.41. The van der Waals surface area contributed by atoms with E-state index in [9.17, 15) is 27.6 Å². The predicted octanol–water partition coefficient (Wildman–Crippen LogP) is 4.14. The third kappa shape index (κ3) is 7.81. The molecule has 1 N–H and O–H groups in total. The Hall–Kier alpha value is -3.56. The molecule has 2 aromatic rings. The van der Waals surface area contributed by atoms with E-state index < -0.39 is 30.2 Å². The number of anilines is 1. The second-order valence-electron chi connectivity index (χ2n) is 7.27. The second-order valence-corrected chi connectivity index (χ2v) is 7.27. The van der Waals surface area contributed by atoms with Crippen LogP contribution in [-0.2, 0) is 20.5 Å². The molecule has 178 valence electrons. The number of nitrogens with one attached hydrogen (secondary N) is 1. The quantitative estimate of drug-likeness (QED) is 0.562. The number of esters is 1. The lowest BCUT2D eigenvalue weighted by molar-refractivity contribution is -0.144. The number of alkyl halides is 3. The highest BCUT2D eigenvalue weighted by atomic mass is 19.4. The van der Waals surface area contributed by atoms with E-state index in [1.54, 1.807) is 20.8 Å². The van der Waals surface area contributed by atoms with Gasteiger partial charge in [0.1, 0.15) is 12.3 Å². The fourth-order valence-electron chi connectivity index (χ4n) is 2.81. The van der Waals surface area contributed by atoms with Gasteiger partial charge in [-0.2, -0.15) is 13.2 Å². The molecule has 2 rings (SSSR count). The number of carbonyl (C=O) groups excluding carboxylic acids is 3. The predicted molar refractivity (Wildman–Crippen MR) is 115 cm³/mol. The van der Waals surface area contributed by atoms with Crippen molar-refractivity contribution >= 4 is 23.5 Å². The molecule has 0 saturated heterocycles. The Kier molecular flexibility index (Phi) is 8.84.